The van der Waals surface area contributed by atoms with Crippen molar-refractivity contribution in [1.29, 1.82) is 0 Å². The van der Waals surface area contributed by atoms with Gasteiger partial charge in [0.1, 0.15) is 5.01 Å². The number of fused-ring (bicyclic) bond motifs is 1. The van der Waals surface area contributed by atoms with Gasteiger partial charge >= 0.3 is 0 Å². The molecule has 2 unspecified atom stereocenters. The summed E-state index contributed by atoms with van der Waals surface area (Å²) >= 11 is 1.61. The molecule has 3 aromatic rings. The van der Waals surface area contributed by atoms with E-state index in [2.05, 4.69) is 64.1 Å². The number of hydrazine groups is 1. The van der Waals surface area contributed by atoms with Crippen molar-refractivity contribution in [2.45, 2.75) is 38.8 Å². The second-order valence-electron chi connectivity index (χ2n) is 7.50. The third kappa shape index (κ3) is 3.32. The lowest BCUT2D eigenvalue weighted by atomic mass is 10.0. The second-order valence-corrected chi connectivity index (χ2v) is 8.49. The minimum Gasteiger partial charge on any atom is -0.378 e. The minimum atomic E-state index is 0.231. The number of hydrogen-bond acceptors (Lipinski definition) is 7. The zero-order chi connectivity index (χ0) is 18.3. The third-order valence-corrected chi connectivity index (χ3v) is 5.70. The largest absolute Gasteiger partial charge is 0.378 e. The first kappa shape index (κ1) is 17.4. The lowest BCUT2D eigenvalue weighted by molar-refractivity contribution is 0.446. The van der Waals surface area contributed by atoms with Crippen LogP contribution in [0.2, 0.25) is 0 Å². The molecular weight excluding hydrogens is 346 g/mol. The summed E-state index contributed by atoms with van der Waals surface area (Å²) in [5, 5.41) is 14.5. The molecule has 1 aromatic carbocycles. The topological polar surface area (TPSA) is 70.4 Å². The van der Waals surface area contributed by atoms with E-state index < -0.39 is 0 Å². The van der Waals surface area contributed by atoms with Crippen LogP contribution >= 0.6 is 11.3 Å². The van der Waals surface area contributed by atoms with Crippen LogP contribution in [0.15, 0.2) is 24.3 Å². The number of anilines is 1. The van der Waals surface area contributed by atoms with E-state index in [-0.39, 0.29) is 6.04 Å². The highest BCUT2D eigenvalue weighted by molar-refractivity contribution is 7.16. The third-order valence-electron chi connectivity index (χ3n) is 4.68. The van der Waals surface area contributed by atoms with Gasteiger partial charge in [-0.05, 0) is 43.0 Å². The molecule has 1 aliphatic rings. The minimum absolute atomic E-state index is 0.231. The van der Waals surface area contributed by atoms with Crippen LogP contribution in [0.5, 0.6) is 0 Å². The molecule has 1 saturated heterocycles. The van der Waals surface area contributed by atoms with Crippen molar-refractivity contribution in [3.8, 4) is 11.4 Å². The molecule has 1 fully saturated rings. The molecule has 0 radical (unpaired) electrons. The van der Waals surface area contributed by atoms with Crippen molar-refractivity contribution in [3.63, 3.8) is 0 Å². The van der Waals surface area contributed by atoms with Gasteiger partial charge < -0.3 is 4.90 Å². The van der Waals surface area contributed by atoms with Crippen LogP contribution in [-0.4, -0.2) is 39.9 Å². The number of benzene rings is 1. The van der Waals surface area contributed by atoms with Gasteiger partial charge in [-0.25, -0.2) is 5.43 Å². The molecule has 26 heavy (non-hydrogen) atoms. The highest BCUT2D eigenvalue weighted by Crippen LogP contribution is 2.30. The molecule has 1 aliphatic heterocycles. The molecule has 0 amide bonds. The molecule has 2 atom stereocenters. The molecule has 4 rings (SSSR count). The number of rotatable bonds is 5. The monoisotopic (exact) mass is 371 g/mol. The second kappa shape index (κ2) is 6.94. The normalized spacial score (nSPS) is 20.3. The lowest BCUT2D eigenvalue weighted by Crippen LogP contribution is -2.31. The first-order valence-corrected chi connectivity index (χ1v) is 9.84. The summed E-state index contributed by atoms with van der Waals surface area (Å²) in [6, 6.07) is 9.03. The van der Waals surface area contributed by atoms with E-state index in [9.17, 15) is 0 Å². The molecule has 138 valence electrons. The predicted molar refractivity (Wildman–Crippen MR) is 105 cm³/mol. The maximum Gasteiger partial charge on any atom is 0.235 e. The first-order valence-electron chi connectivity index (χ1n) is 9.02. The zero-order valence-electron chi connectivity index (χ0n) is 15.6. The van der Waals surface area contributed by atoms with E-state index in [0.717, 1.165) is 39.9 Å². The van der Waals surface area contributed by atoms with Gasteiger partial charge in [0.05, 0.1) is 6.04 Å². The van der Waals surface area contributed by atoms with Crippen molar-refractivity contribution in [3.05, 3.63) is 29.3 Å². The molecular formula is C18H25N7S. The van der Waals surface area contributed by atoms with E-state index >= 15 is 0 Å². The Morgan fingerprint density at radius 1 is 1.19 bits per heavy atom. The maximum absolute atomic E-state index is 4.80. The lowest BCUT2D eigenvalue weighted by Gasteiger charge is -2.12. The zero-order valence-corrected chi connectivity index (χ0v) is 16.4. The summed E-state index contributed by atoms with van der Waals surface area (Å²) in [5.41, 5.74) is 8.97. The first-order chi connectivity index (χ1) is 12.5. The van der Waals surface area contributed by atoms with Crippen LogP contribution < -0.4 is 15.8 Å². The predicted octanol–water partition coefficient (Wildman–Crippen LogP) is 2.87. The van der Waals surface area contributed by atoms with Gasteiger partial charge in [0.2, 0.25) is 4.96 Å². The number of aromatic nitrogens is 4. The van der Waals surface area contributed by atoms with Crippen molar-refractivity contribution >= 4 is 22.0 Å². The number of nitrogens with one attached hydrogen (secondary N) is 2. The molecule has 2 aromatic heterocycles. The number of hydrogen-bond donors (Lipinski definition) is 2. The van der Waals surface area contributed by atoms with E-state index in [1.807, 2.05) is 18.6 Å². The van der Waals surface area contributed by atoms with Crippen LogP contribution in [0.3, 0.4) is 0 Å². The van der Waals surface area contributed by atoms with Crippen LogP contribution in [0.25, 0.3) is 16.3 Å². The van der Waals surface area contributed by atoms with E-state index in [1.54, 1.807) is 11.3 Å². The number of nitrogens with zero attached hydrogens (tertiary/aromatic N) is 5. The van der Waals surface area contributed by atoms with Crippen molar-refractivity contribution in [2.24, 2.45) is 5.92 Å². The fraction of sp³-hybridized carbons (Fsp3) is 0.500. The standard InChI is InChI=1S/C18H25N7S/c1-11(2)9-13-10-15(20-19-13)17-23-25-16(21-22-18(25)26-17)12-5-7-14(8-6-12)24(3)4/h5-8,11,13,15,19-20H,9-10H2,1-4H3. The fourth-order valence-electron chi connectivity index (χ4n) is 3.37. The van der Waals surface area contributed by atoms with Crippen molar-refractivity contribution in [1.82, 2.24) is 30.7 Å². The summed E-state index contributed by atoms with van der Waals surface area (Å²) in [4.78, 5) is 2.91. The molecule has 8 heteroatoms. The molecule has 0 bridgehead atoms. The van der Waals surface area contributed by atoms with Gasteiger partial charge in [0.25, 0.3) is 0 Å². The molecule has 0 spiro atoms. The van der Waals surface area contributed by atoms with Crippen LogP contribution in [0.4, 0.5) is 5.69 Å². The van der Waals surface area contributed by atoms with E-state index in [4.69, 9.17) is 5.10 Å². The Morgan fingerprint density at radius 3 is 2.65 bits per heavy atom. The Labute approximate surface area is 157 Å². The summed E-state index contributed by atoms with van der Waals surface area (Å²) in [5.74, 6) is 1.47. The SMILES string of the molecule is CC(C)CC1CC(c2nn3c(-c4ccc(N(C)C)cc4)nnc3s2)NN1. The highest BCUT2D eigenvalue weighted by Gasteiger charge is 2.29. The average Bonchev–Trinajstić information content (AvgIpc) is 3.29. The quantitative estimate of drug-likeness (QED) is 0.719. The molecule has 3 heterocycles. The average molecular weight is 372 g/mol. The summed E-state index contributed by atoms with van der Waals surface area (Å²) in [7, 11) is 4.07. The van der Waals surface area contributed by atoms with Gasteiger partial charge in [-0.3, -0.25) is 5.43 Å². The Bertz CT molecular complexity index is 881. The fourth-order valence-corrected chi connectivity index (χ4v) is 4.27. The molecule has 0 saturated carbocycles. The van der Waals surface area contributed by atoms with Crippen LogP contribution in [0.1, 0.15) is 37.7 Å². The summed E-state index contributed by atoms with van der Waals surface area (Å²) in [6.07, 6.45) is 2.21. The Kier molecular flexibility index (Phi) is 4.64. The van der Waals surface area contributed by atoms with Crippen LogP contribution in [0, 0.1) is 5.92 Å². The molecule has 0 aliphatic carbocycles. The molecule has 7 nitrogen and oxygen atoms in total. The van der Waals surface area contributed by atoms with Gasteiger partial charge in [0.15, 0.2) is 5.82 Å². The van der Waals surface area contributed by atoms with Gasteiger partial charge in [-0.2, -0.15) is 9.61 Å². The van der Waals surface area contributed by atoms with Crippen molar-refractivity contribution in [2.75, 3.05) is 19.0 Å². The maximum atomic E-state index is 4.80. The Morgan fingerprint density at radius 2 is 1.96 bits per heavy atom. The smallest absolute Gasteiger partial charge is 0.235 e. The van der Waals surface area contributed by atoms with Crippen molar-refractivity contribution < 1.29 is 0 Å². The van der Waals surface area contributed by atoms with Gasteiger partial charge in [-0.15, -0.1) is 10.2 Å². The van der Waals surface area contributed by atoms with Gasteiger partial charge in [-0.1, -0.05) is 25.2 Å². The Hall–Kier alpha value is -2.03. The van der Waals surface area contributed by atoms with Crippen LogP contribution in [-0.2, 0) is 0 Å². The van der Waals surface area contributed by atoms with E-state index in [0.29, 0.717) is 12.0 Å². The summed E-state index contributed by atoms with van der Waals surface area (Å²) < 4.78 is 1.86. The Balaban J connectivity index is 1.57. The highest BCUT2D eigenvalue weighted by atomic mass is 32.1. The van der Waals surface area contributed by atoms with Gasteiger partial charge in [0, 0.05) is 31.4 Å². The van der Waals surface area contributed by atoms with E-state index in [1.165, 1.54) is 0 Å². The summed E-state index contributed by atoms with van der Waals surface area (Å²) in [6.45, 7) is 4.51. The molecule has 2 N–H and O–H groups in total.